The van der Waals surface area contributed by atoms with Gasteiger partial charge in [-0.25, -0.2) is 0 Å². The van der Waals surface area contributed by atoms with E-state index in [1.54, 1.807) is 36.4 Å². The fourth-order valence-electron chi connectivity index (χ4n) is 1.86. The molecule has 0 atom stereocenters. The number of anilines is 2. The lowest BCUT2D eigenvalue weighted by Crippen LogP contribution is -2.17. The molecule has 0 aromatic heterocycles. The van der Waals surface area contributed by atoms with Gasteiger partial charge in [0, 0.05) is 16.8 Å². The van der Waals surface area contributed by atoms with Crippen molar-refractivity contribution in [3.05, 3.63) is 53.1 Å². The number of benzene rings is 2. The number of halogens is 1. The third-order valence-corrected chi connectivity index (χ3v) is 3.02. The minimum atomic E-state index is -0.306. The van der Waals surface area contributed by atoms with Gasteiger partial charge in [-0.05, 0) is 37.3 Å². The molecule has 110 valence electrons. The summed E-state index contributed by atoms with van der Waals surface area (Å²) in [6.45, 7) is 2.46. The zero-order valence-electron chi connectivity index (χ0n) is 11.5. The monoisotopic (exact) mass is 305 g/mol. The second kappa shape index (κ2) is 6.97. The molecule has 0 unspecified atom stereocenters. The van der Waals surface area contributed by atoms with Gasteiger partial charge >= 0.3 is 0 Å². The Kier molecular flexibility index (Phi) is 5.03. The number of nitrogens with two attached hydrogens (primary N) is 1. The van der Waals surface area contributed by atoms with Crippen LogP contribution in [0.5, 0.6) is 5.75 Å². The third kappa shape index (κ3) is 3.87. The molecule has 1 amide bonds. The molecule has 0 radical (unpaired) electrons. The highest BCUT2D eigenvalue weighted by atomic mass is 35.5. The van der Waals surface area contributed by atoms with Gasteiger partial charge in [-0.1, -0.05) is 17.7 Å². The first-order valence-corrected chi connectivity index (χ1v) is 6.82. The van der Waals surface area contributed by atoms with E-state index in [2.05, 4.69) is 10.7 Å². The van der Waals surface area contributed by atoms with Crippen molar-refractivity contribution < 1.29 is 9.53 Å². The number of amides is 1. The van der Waals surface area contributed by atoms with Crippen LogP contribution in [0.4, 0.5) is 11.4 Å². The number of hydrazine groups is 1. The van der Waals surface area contributed by atoms with Gasteiger partial charge < -0.3 is 15.5 Å². The van der Waals surface area contributed by atoms with E-state index in [1.165, 1.54) is 0 Å². The second-order valence-corrected chi connectivity index (χ2v) is 4.69. The summed E-state index contributed by atoms with van der Waals surface area (Å²) < 4.78 is 5.39. The molecular weight excluding hydrogens is 290 g/mol. The number of nitrogens with one attached hydrogen (secondary N) is 2. The summed E-state index contributed by atoms with van der Waals surface area (Å²) in [5, 5.41) is 3.25. The molecular formula is C15H16ClN3O2. The number of nitrogen functional groups attached to an aromatic ring is 1. The van der Waals surface area contributed by atoms with E-state index >= 15 is 0 Å². The average Bonchev–Trinajstić information content (AvgIpc) is 2.48. The van der Waals surface area contributed by atoms with Gasteiger partial charge in [-0.3, -0.25) is 10.6 Å². The normalized spacial score (nSPS) is 10.0. The number of carbonyl (C=O) groups is 1. The van der Waals surface area contributed by atoms with Crippen molar-refractivity contribution in [3.8, 4) is 5.75 Å². The summed E-state index contributed by atoms with van der Waals surface area (Å²) in [7, 11) is 0. The molecule has 0 saturated heterocycles. The summed E-state index contributed by atoms with van der Waals surface area (Å²) in [6.07, 6.45) is 0. The Labute approximate surface area is 128 Å². The largest absolute Gasteiger partial charge is 0.494 e. The number of hydrogen-bond donors (Lipinski definition) is 3. The van der Waals surface area contributed by atoms with Gasteiger partial charge in [0.1, 0.15) is 5.75 Å². The summed E-state index contributed by atoms with van der Waals surface area (Å²) >= 11 is 5.92. The summed E-state index contributed by atoms with van der Waals surface area (Å²) in [4.78, 5) is 12.3. The quantitative estimate of drug-likeness (QED) is 0.585. The smallest absolute Gasteiger partial charge is 0.257 e. The highest BCUT2D eigenvalue weighted by molar-refractivity contribution is 6.31. The first kappa shape index (κ1) is 15.2. The summed E-state index contributed by atoms with van der Waals surface area (Å²) in [5.41, 5.74) is 3.98. The maximum absolute atomic E-state index is 12.3. The maximum atomic E-state index is 12.3. The lowest BCUT2D eigenvalue weighted by Gasteiger charge is -2.11. The van der Waals surface area contributed by atoms with Crippen LogP contribution in [0.15, 0.2) is 42.5 Å². The van der Waals surface area contributed by atoms with E-state index in [0.717, 1.165) is 0 Å². The van der Waals surface area contributed by atoms with Gasteiger partial charge in [-0.2, -0.15) is 0 Å². The Hall–Kier alpha value is -2.24. The SMILES string of the molecule is CCOc1cccc(NC(=O)c2cc(Cl)ccc2NN)c1. The molecule has 2 rings (SSSR count). The molecule has 0 spiro atoms. The van der Waals surface area contributed by atoms with Crippen LogP contribution in [0.2, 0.25) is 5.02 Å². The van der Waals surface area contributed by atoms with Crippen LogP contribution in [0.25, 0.3) is 0 Å². The van der Waals surface area contributed by atoms with Crippen molar-refractivity contribution in [1.29, 1.82) is 0 Å². The minimum absolute atomic E-state index is 0.306. The Morgan fingerprint density at radius 1 is 1.29 bits per heavy atom. The molecule has 0 aliphatic heterocycles. The van der Waals surface area contributed by atoms with E-state index in [1.807, 2.05) is 13.0 Å². The van der Waals surface area contributed by atoms with Gasteiger partial charge in [-0.15, -0.1) is 0 Å². The number of rotatable bonds is 5. The molecule has 0 aliphatic rings. The van der Waals surface area contributed by atoms with Crippen LogP contribution < -0.4 is 21.3 Å². The van der Waals surface area contributed by atoms with E-state index in [4.69, 9.17) is 22.2 Å². The fourth-order valence-corrected chi connectivity index (χ4v) is 2.03. The Morgan fingerprint density at radius 2 is 2.10 bits per heavy atom. The van der Waals surface area contributed by atoms with E-state index in [-0.39, 0.29) is 5.91 Å². The molecule has 4 N–H and O–H groups in total. The fraction of sp³-hybridized carbons (Fsp3) is 0.133. The van der Waals surface area contributed by atoms with Crippen LogP contribution in [0, 0.1) is 0 Å². The van der Waals surface area contributed by atoms with Crippen molar-refractivity contribution in [2.24, 2.45) is 5.84 Å². The topological polar surface area (TPSA) is 76.4 Å². The van der Waals surface area contributed by atoms with Crippen molar-refractivity contribution in [1.82, 2.24) is 0 Å². The highest BCUT2D eigenvalue weighted by Crippen LogP contribution is 2.22. The van der Waals surface area contributed by atoms with Crippen LogP contribution >= 0.6 is 11.6 Å². The van der Waals surface area contributed by atoms with E-state index < -0.39 is 0 Å². The first-order valence-electron chi connectivity index (χ1n) is 6.44. The van der Waals surface area contributed by atoms with Crippen molar-refractivity contribution >= 4 is 28.9 Å². The molecule has 0 bridgehead atoms. The van der Waals surface area contributed by atoms with Crippen molar-refractivity contribution in [2.45, 2.75) is 6.92 Å². The number of carbonyl (C=O) groups excluding carboxylic acids is 1. The molecule has 0 aliphatic carbocycles. The molecule has 0 fully saturated rings. The predicted octanol–water partition coefficient (Wildman–Crippen LogP) is 3.28. The summed E-state index contributed by atoms with van der Waals surface area (Å²) in [5.74, 6) is 5.79. The van der Waals surface area contributed by atoms with Gasteiger partial charge in [0.05, 0.1) is 17.9 Å². The zero-order valence-corrected chi connectivity index (χ0v) is 12.3. The Bertz CT molecular complexity index is 647. The lowest BCUT2D eigenvalue weighted by molar-refractivity contribution is 0.102. The highest BCUT2D eigenvalue weighted by Gasteiger charge is 2.12. The van der Waals surface area contributed by atoms with Crippen molar-refractivity contribution in [2.75, 3.05) is 17.3 Å². The molecule has 21 heavy (non-hydrogen) atoms. The van der Waals surface area contributed by atoms with Crippen LogP contribution in [0.3, 0.4) is 0 Å². The maximum Gasteiger partial charge on any atom is 0.257 e. The first-order chi connectivity index (χ1) is 10.1. The molecule has 0 heterocycles. The van der Waals surface area contributed by atoms with Crippen LogP contribution in [0.1, 0.15) is 17.3 Å². The molecule has 5 nitrogen and oxygen atoms in total. The van der Waals surface area contributed by atoms with Gasteiger partial charge in [0.15, 0.2) is 0 Å². The molecule has 0 saturated carbocycles. The van der Waals surface area contributed by atoms with Crippen LogP contribution in [-0.4, -0.2) is 12.5 Å². The lowest BCUT2D eigenvalue weighted by atomic mass is 10.1. The number of hydrogen-bond acceptors (Lipinski definition) is 4. The van der Waals surface area contributed by atoms with Crippen LogP contribution in [-0.2, 0) is 0 Å². The minimum Gasteiger partial charge on any atom is -0.494 e. The van der Waals surface area contributed by atoms with E-state index in [9.17, 15) is 4.79 Å². The van der Waals surface area contributed by atoms with E-state index in [0.29, 0.717) is 34.3 Å². The third-order valence-electron chi connectivity index (χ3n) is 2.78. The zero-order chi connectivity index (χ0) is 15.2. The second-order valence-electron chi connectivity index (χ2n) is 4.25. The standard InChI is InChI=1S/C15H16ClN3O2/c1-2-21-12-5-3-4-11(9-12)18-15(20)13-8-10(16)6-7-14(13)19-17/h3-9,19H,2,17H2,1H3,(H,18,20). The predicted molar refractivity (Wildman–Crippen MR) is 84.8 cm³/mol. The average molecular weight is 306 g/mol. The Morgan fingerprint density at radius 3 is 2.81 bits per heavy atom. The van der Waals surface area contributed by atoms with Crippen molar-refractivity contribution in [3.63, 3.8) is 0 Å². The Balaban J connectivity index is 2.21. The molecule has 2 aromatic rings. The molecule has 6 heteroatoms. The van der Waals surface area contributed by atoms with Gasteiger partial charge in [0.25, 0.3) is 5.91 Å². The van der Waals surface area contributed by atoms with Gasteiger partial charge in [0.2, 0.25) is 0 Å². The summed E-state index contributed by atoms with van der Waals surface area (Å²) in [6, 6.07) is 12.0. The molecule has 2 aromatic carbocycles. The number of ether oxygens (including phenoxy) is 1.